The molecule has 0 aromatic rings. The van der Waals surface area contributed by atoms with Gasteiger partial charge >= 0.3 is 0 Å². The van der Waals surface area contributed by atoms with E-state index in [4.69, 9.17) is 15.2 Å². The maximum absolute atomic E-state index is 6.02. The lowest BCUT2D eigenvalue weighted by Gasteiger charge is -2.24. The molecule has 0 heterocycles. The highest BCUT2D eigenvalue weighted by Gasteiger charge is 2.16. The Kier molecular flexibility index (Phi) is 6.98. The summed E-state index contributed by atoms with van der Waals surface area (Å²) in [5.41, 5.74) is 6.02. The van der Waals surface area contributed by atoms with Gasteiger partial charge in [-0.3, -0.25) is 0 Å². The van der Waals surface area contributed by atoms with E-state index in [0.29, 0.717) is 19.8 Å². The third-order valence-corrected chi connectivity index (χ3v) is 3.12. The van der Waals surface area contributed by atoms with Crippen LogP contribution in [0.15, 0.2) is 0 Å². The van der Waals surface area contributed by atoms with Crippen molar-refractivity contribution in [2.75, 3.05) is 26.9 Å². The highest BCUT2D eigenvalue weighted by molar-refractivity contribution is 4.71. The van der Waals surface area contributed by atoms with Crippen LogP contribution in [0.3, 0.4) is 0 Å². The second-order valence-electron chi connectivity index (χ2n) is 4.57. The average Bonchev–Trinajstić information content (AvgIpc) is 2.26. The van der Waals surface area contributed by atoms with Crippen LogP contribution in [0, 0.1) is 5.92 Å². The molecular formula is C12H25NO2. The van der Waals surface area contributed by atoms with Gasteiger partial charge in [0.05, 0.1) is 19.8 Å². The summed E-state index contributed by atoms with van der Waals surface area (Å²) in [6.07, 6.45) is 8.06. The zero-order valence-electron chi connectivity index (χ0n) is 9.91. The zero-order chi connectivity index (χ0) is 10.9. The van der Waals surface area contributed by atoms with Crippen molar-refractivity contribution in [1.29, 1.82) is 0 Å². The number of nitrogens with two attached hydrogens (primary N) is 1. The molecule has 0 bridgehead atoms. The monoisotopic (exact) mass is 215 g/mol. The summed E-state index contributed by atoms with van der Waals surface area (Å²) in [7, 11) is 1.69. The van der Waals surface area contributed by atoms with E-state index in [1.807, 2.05) is 0 Å². The maximum Gasteiger partial charge on any atom is 0.0701 e. The van der Waals surface area contributed by atoms with Crippen LogP contribution < -0.4 is 5.73 Å². The lowest BCUT2D eigenvalue weighted by atomic mass is 9.85. The average molecular weight is 215 g/mol. The topological polar surface area (TPSA) is 44.5 Å². The van der Waals surface area contributed by atoms with Crippen LogP contribution >= 0.6 is 0 Å². The molecule has 1 fully saturated rings. The minimum Gasteiger partial charge on any atom is -0.382 e. The van der Waals surface area contributed by atoms with E-state index in [0.717, 1.165) is 12.3 Å². The highest BCUT2D eigenvalue weighted by atomic mass is 16.5. The van der Waals surface area contributed by atoms with Gasteiger partial charge < -0.3 is 15.2 Å². The van der Waals surface area contributed by atoms with Crippen molar-refractivity contribution in [3.05, 3.63) is 0 Å². The Morgan fingerprint density at radius 1 is 1.20 bits per heavy atom. The Labute approximate surface area is 93.3 Å². The molecule has 1 rings (SSSR count). The second kappa shape index (κ2) is 8.08. The van der Waals surface area contributed by atoms with E-state index in [9.17, 15) is 0 Å². The predicted molar refractivity (Wildman–Crippen MR) is 61.9 cm³/mol. The number of hydrogen-bond donors (Lipinski definition) is 1. The molecule has 0 aliphatic heterocycles. The van der Waals surface area contributed by atoms with Gasteiger partial charge in [-0.05, 0) is 12.3 Å². The van der Waals surface area contributed by atoms with Crippen molar-refractivity contribution in [2.24, 2.45) is 11.7 Å². The van der Waals surface area contributed by atoms with Crippen molar-refractivity contribution in [3.63, 3.8) is 0 Å². The Balaban J connectivity index is 1.98. The van der Waals surface area contributed by atoms with Gasteiger partial charge in [-0.2, -0.15) is 0 Å². The third kappa shape index (κ3) is 6.13. The van der Waals surface area contributed by atoms with Gasteiger partial charge in [-0.1, -0.05) is 32.1 Å². The number of methoxy groups -OCH3 is 1. The minimum atomic E-state index is 0.213. The van der Waals surface area contributed by atoms with Crippen molar-refractivity contribution < 1.29 is 9.47 Å². The lowest BCUT2D eigenvalue weighted by molar-refractivity contribution is 0.0596. The smallest absolute Gasteiger partial charge is 0.0701 e. The molecule has 0 aromatic carbocycles. The first-order valence-corrected chi connectivity index (χ1v) is 6.15. The molecule has 90 valence electrons. The molecule has 1 atom stereocenters. The van der Waals surface area contributed by atoms with Gasteiger partial charge in [0, 0.05) is 13.2 Å². The SMILES string of the molecule is COCCOCC(N)CC1CCCCC1. The summed E-state index contributed by atoms with van der Waals surface area (Å²) in [6.45, 7) is 2.00. The molecule has 1 aliphatic rings. The van der Waals surface area contributed by atoms with Crippen LogP contribution in [0.4, 0.5) is 0 Å². The third-order valence-electron chi connectivity index (χ3n) is 3.12. The molecule has 0 radical (unpaired) electrons. The van der Waals surface area contributed by atoms with E-state index >= 15 is 0 Å². The number of ether oxygens (including phenoxy) is 2. The Bertz CT molecular complexity index is 147. The molecule has 1 saturated carbocycles. The minimum absolute atomic E-state index is 0.213. The fourth-order valence-electron chi connectivity index (χ4n) is 2.30. The molecule has 1 aliphatic carbocycles. The van der Waals surface area contributed by atoms with E-state index in [1.54, 1.807) is 7.11 Å². The summed E-state index contributed by atoms with van der Waals surface area (Å²) in [5.74, 6) is 0.847. The lowest BCUT2D eigenvalue weighted by Crippen LogP contribution is -2.30. The van der Waals surface area contributed by atoms with Gasteiger partial charge in [-0.15, -0.1) is 0 Å². The molecule has 2 N–H and O–H groups in total. The summed E-state index contributed by atoms with van der Waals surface area (Å²) >= 11 is 0. The molecule has 0 saturated heterocycles. The molecule has 3 nitrogen and oxygen atoms in total. The van der Waals surface area contributed by atoms with Crippen LogP contribution in [0.2, 0.25) is 0 Å². The summed E-state index contributed by atoms with van der Waals surface area (Å²) in [6, 6.07) is 0.213. The first-order valence-electron chi connectivity index (χ1n) is 6.15. The molecule has 1 unspecified atom stereocenters. The van der Waals surface area contributed by atoms with E-state index in [-0.39, 0.29) is 6.04 Å². The first-order chi connectivity index (χ1) is 7.33. The summed E-state index contributed by atoms with van der Waals surface area (Å²) in [5, 5.41) is 0. The van der Waals surface area contributed by atoms with Crippen LogP contribution in [0.25, 0.3) is 0 Å². The predicted octanol–water partition coefficient (Wildman–Crippen LogP) is 1.95. The van der Waals surface area contributed by atoms with Crippen LogP contribution in [-0.2, 0) is 9.47 Å². The van der Waals surface area contributed by atoms with Crippen molar-refractivity contribution in [3.8, 4) is 0 Å². The second-order valence-corrected chi connectivity index (χ2v) is 4.57. The molecule has 0 amide bonds. The normalized spacial score (nSPS) is 20.4. The largest absolute Gasteiger partial charge is 0.382 e. The van der Waals surface area contributed by atoms with Gasteiger partial charge in [0.1, 0.15) is 0 Å². The summed E-state index contributed by atoms with van der Waals surface area (Å²) in [4.78, 5) is 0. The molecular weight excluding hydrogens is 190 g/mol. The van der Waals surface area contributed by atoms with Crippen LogP contribution in [-0.4, -0.2) is 33.0 Å². The van der Waals surface area contributed by atoms with E-state index < -0.39 is 0 Å². The zero-order valence-corrected chi connectivity index (χ0v) is 9.91. The fourth-order valence-corrected chi connectivity index (χ4v) is 2.30. The van der Waals surface area contributed by atoms with Gasteiger partial charge in [-0.25, -0.2) is 0 Å². The van der Waals surface area contributed by atoms with Gasteiger partial charge in [0.25, 0.3) is 0 Å². The highest BCUT2D eigenvalue weighted by Crippen LogP contribution is 2.26. The van der Waals surface area contributed by atoms with Gasteiger partial charge in [0.15, 0.2) is 0 Å². The van der Waals surface area contributed by atoms with E-state index in [2.05, 4.69) is 0 Å². The van der Waals surface area contributed by atoms with Crippen LogP contribution in [0.1, 0.15) is 38.5 Å². The van der Waals surface area contributed by atoms with Crippen molar-refractivity contribution >= 4 is 0 Å². The molecule has 3 heteroatoms. The number of hydrogen-bond acceptors (Lipinski definition) is 3. The fraction of sp³-hybridized carbons (Fsp3) is 1.00. The van der Waals surface area contributed by atoms with Gasteiger partial charge in [0.2, 0.25) is 0 Å². The van der Waals surface area contributed by atoms with E-state index in [1.165, 1.54) is 32.1 Å². The maximum atomic E-state index is 6.02. The van der Waals surface area contributed by atoms with Crippen molar-refractivity contribution in [1.82, 2.24) is 0 Å². The number of rotatable bonds is 7. The van der Waals surface area contributed by atoms with Crippen molar-refractivity contribution in [2.45, 2.75) is 44.6 Å². The first kappa shape index (κ1) is 12.9. The molecule has 0 spiro atoms. The Hall–Kier alpha value is -0.120. The Morgan fingerprint density at radius 3 is 2.60 bits per heavy atom. The molecule has 15 heavy (non-hydrogen) atoms. The standard InChI is InChI=1S/C12H25NO2/c1-14-7-8-15-10-12(13)9-11-5-3-2-4-6-11/h11-12H,2-10,13H2,1H3. The molecule has 0 aromatic heterocycles. The van der Waals surface area contributed by atoms with Crippen LogP contribution in [0.5, 0.6) is 0 Å². The Morgan fingerprint density at radius 2 is 1.93 bits per heavy atom. The quantitative estimate of drug-likeness (QED) is 0.660. The summed E-state index contributed by atoms with van der Waals surface area (Å²) < 4.78 is 10.3.